The summed E-state index contributed by atoms with van der Waals surface area (Å²) >= 11 is 0. The molecule has 0 radical (unpaired) electrons. The lowest BCUT2D eigenvalue weighted by molar-refractivity contribution is -0.136. The summed E-state index contributed by atoms with van der Waals surface area (Å²) in [6.07, 6.45) is 4.28. The van der Waals surface area contributed by atoms with Gasteiger partial charge in [0.25, 0.3) is 11.8 Å². The van der Waals surface area contributed by atoms with Crippen LogP contribution in [-0.2, 0) is 22.7 Å². The van der Waals surface area contributed by atoms with Gasteiger partial charge in [-0.05, 0) is 85.3 Å². The number of hydrogen-bond donors (Lipinski definition) is 2. The highest BCUT2D eigenvalue weighted by molar-refractivity contribution is 6.05. The maximum atomic E-state index is 13.0. The minimum atomic E-state index is -0.594. The Morgan fingerprint density at radius 1 is 0.975 bits per heavy atom. The van der Waals surface area contributed by atoms with Crippen LogP contribution in [0, 0.1) is 0 Å². The number of benzene rings is 2. The van der Waals surface area contributed by atoms with Crippen molar-refractivity contribution in [2.24, 2.45) is 0 Å². The number of pyridine rings is 1. The standard InChI is InChI=1S/C31H31N5O4/c37-28-10-9-26(30(39)34-28)36-19-24-17-22(7-8-25(24)31(36)40)21-11-14-35(15-12-21)18-20-4-3-5-23(16-20)29(38)33-27-6-1-2-13-32-27/h1-8,13,16-17,21,26H,9-12,14-15,18-19H2,(H,32,33,38)(H,34,37,39). The molecule has 0 aliphatic carbocycles. The normalized spacial score (nSPS) is 19.9. The van der Waals surface area contributed by atoms with E-state index < -0.39 is 6.04 Å². The summed E-state index contributed by atoms with van der Waals surface area (Å²) in [7, 11) is 0. The van der Waals surface area contributed by atoms with E-state index in [0.29, 0.717) is 35.8 Å². The number of imide groups is 1. The zero-order chi connectivity index (χ0) is 27.6. The van der Waals surface area contributed by atoms with Gasteiger partial charge in [0.1, 0.15) is 11.9 Å². The average molecular weight is 538 g/mol. The van der Waals surface area contributed by atoms with E-state index in [4.69, 9.17) is 0 Å². The van der Waals surface area contributed by atoms with Crippen LogP contribution in [0.25, 0.3) is 0 Å². The molecule has 204 valence electrons. The molecule has 2 aromatic carbocycles. The molecule has 9 heteroatoms. The van der Waals surface area contributed by atoms with Gasteiger partial charge in [-0.1, -0.05) is 30.3 Å². The summed E-state index contributed by atoms with van der Waals surface area (Å²) in [5, 5.41) is 5.20. The maximum absolute atomic E-state index is 13.0. The van der Waals surface area contributed by atoms with E-state index in [0.717, 1.165) is 43.6 Å². The van der Waals surface area contributed by atoms with Gasteiger partial charge < -0.3 is 10.2 Å². The first-order valence-electron chi connectivity index (χ1n) is 13.8. The number of aromatic nitrogens is 1. The first kappa shape index (κ1) is 25.9. The molecule has 4 amide bonds. The van der Waals surface area contributed by atoms with E-state index in [-0.39, 0.29) is 30.0 Å². The predicted molar refractivity (Wildman–Crippen MR) is 148 cm³/mol. The van der Waals surface area contributed by atoms with Crippen LogP contribution in [0.15, 0.2) is 66.9 Å². The molecule has 2 fully saturated rings. The van der Waals surface area contributed by atoms with Gasteiger partial charge >= 0.3 is 0 Å². The molecular formula is C31H31N5O4. The highest BCUT2D eigenvalue weighted by Crippen LogP contribution is 2.34. The van der Waals surface area contributed by atoms with E-state index in [1.54, 1.807) is 17.2 Å². The van der Waals surface area contributed by atoms with Gasteiger partial charge in [-0.25, -0.2) is 4.98 Å². The van der Waals surface area contributed by atoms with E-state index >= 15 is 0 Å². The summed E-state index contributed by atoms with van der Waals surface area (Å²) in [6, 6.07) is 18.6. The fourth-order valence-electron chi connectivity index (χ4n) is 5.97. The number of nitrogens with zero attached hydrogens (tertiary/aromatic N) is 3. The summed E-state index contributed by atoms with van der Waals surface area (Å²) < 4.78 is 0. The van der Waals surface area contributed by atoms with Crippen LogP contribution in [0.2, 0.25) is 0 Å². The summed E-state index contributed by atoms with van der Waals surface area (Å²) in [4.78, 5) is 57.7. The molecule has 3 aliphatic rings. The average Bonchev–Trinajstić information content (AvgIpc) is 3.29. The highest BCUT2D eigenvalue weighted by Gasteiger charge is 2.39. The van der Waals surface area contributed by atoms with Gasteiger partial charge in [-0.2, -0.15) is 0 Å². The zero-order valence-corrected chi connectivity index (χ0v) is 22.1. The Balaban J connectivity index is 1.05. The number of nitrogens with one attached hydrogen (secondary N) is 2. The molecule has 1 unspecified atom stereocenters. The van der Waals surface area contributed by atoms with Crippen LogP contribution >= 0.6 is 0 Å². The third-order valence-electron chi connectivity index (χ3n) is 8.11. The van der Waals surface area contributed by atoms with Crippen molar-refractivity contribution in [1.29, 1.82) is 0 Å². The van der Waals surface area contributed by atoms with Crippen LogP contribution < -0.4 is 10.6 Å². The molecule has 6 rings (SSSR count). The van der Waals surface area contributed by atoms with Crippen molar-refractivity contribution in [3.63, 3.8) is 0 Å². The van der Waals surface area contributed by atoms with Crippen molar-refractivity contribution in [3.8, 4) is 0 Å². The van der Waals surface area contributed by atoms with Gasteiger partial charge in [-0.15, -0.1) is 0 Å². The topological polar surface area (TPSA) is 112 Å². The predicted octanol–water partition coefficient (Wildman–Crippen LogP) is 3.47. The van der Waals surface area contributed by atoms with Crippen molar-refractivity contribution < 1.29 is 19.2 Å². The first-order valence-corrected chi connectivity index (χ1v) is 13.8. The van der Waals surface area contributed by atoms with Crippen molar-refractivity contribution in [2.75, 3.05) is 18.4 Å². The van der Waals surface area contributed by atoms with E-state index in [1.807, 2.05) is 36.4 Å². The molecule has 0 bridgehead atoms. The number of likely N-dealkylation sites (tertiary alicyclic amines) is 1. The minimum absolute atomic E-state index is 0.137. The number of carbonyl (C=O) groups excluding carboxylic acids is 4. The van der Waals surface area contributed by atoms with Gasteiger partial charge in [0.15, 0.2) is 0 Å². The second-order valence-electron chi connectivity index (χ2n) is 10.7. The van der Waals surface area contributed by atoms with Gasteiger partial charge in [0.2, 0.25) is 11.8 Å². The molecule has 0 spiro atoms. The van der Waals surface area contributed by atoms with E-state index in [1.165, 1.54) is 5.56 Å². The molecule has 9 nitrogen and oxygen atoms in total. The lowest BCUT2D eigenvalue weighted by Gasteiger charge is -2.32. The third-order valence-corrected chi connectivity index (χ3v) is 8.11. The molecule has 3 aliphatic heterocycles. The number of rotatable bonds is 6. The Morgan fingerprint density at radius 2 is 1.82 bits per heavy atom. The Morgan fingerprint density at radius 3 is 2.60 bits per heavy atom. The lowest BCUT2D eigenvalue weighted by Crippen LogP contribution is -2.52. The first-order chi connectivity index (χ1) is 19.4. The number of anilines is 1. The van der Waals surface area contributed by atoms with Gasteiger partial charge in [-0.3, -0.25) is 29.4 Å². The van der Waals surface area contributed by atoms with Crippen molar-refractivity contribution in [1.82, 2.24) is 20.1 Å². The number of amides is 4. The van der Waals surface area contributed by atoms with Crippen molar-refractivity contribution >= 4 is 29.4 Å². The van der Waals surface area contributed by atoms with Crippen LogP contribution in [-0.4, -0.2) is 57.5 Å². The van der Waals surface area contributed by atoms with Crippen LogP contribution in [0.1, 0.15) is 69.0 Å². The molecule has 40 heavy (non-hydrogen) atoms. The number of carbonyl (C=O) groups is 4. The smallest absolute Gasteiger partial charge is 0.256 e. The molecule has 1 atom stereocenters. The zero-order valence-electron chi connectivity index (χ0n) is 22.1. The van der Waals surface area contributed by atoms with E-state index in [9.17, 15) is 19.2 Å². The van der Waals surface area contributed by atoms with Crippen molar-refractivity contribution in [3.05, 3.63) is 94.7 Å². The second kappa shape index (κ2) is 11.0. The largest absolute Gasteiger partial charge is 0.322 e. The number of fused-ring (bicyclic) bond motifs is 1. The highest BCUT2D eigenvalue weighted by atomic mass is 16.2. The minimum Gasteiger partial charge on any atom is -0.322 e. The van der Waals surface area contributed by atoms with Gasteiger partial charge in [0, 0.05) is 36.8 Å². The van der Waals surface area contributed by atoms with Crippen LogP contribution in [0.3, 0.4) is 0 Å². The lowest BCUT2D eigenvalue weighted by atomic mass is 9.87. The second-order valence-corrected chi connectivity index (χ2v) is 10.7. The fourth-order valence-corrected chi connectivity index (χ4v) is 5.97. The quantitative estimate of drug-likeness (QED) is 0.466. The number of piperidine rings is 2. The Hall–Kier alpha value is -4.37. The summed E-state index contributed by atoms with van der Waals surface area (Å²) in [5.74, 6) is -0.0501. The van der Waals surface area contributed by atoms with Crippen molar-refractivity contribution in [2.45, 2.75) is 50.7 Å². The summed E-state index contributed by atoms with van der Waals surface area (Å²) in [6.45, 7) is 3.05. The third kappa shape index (κ3) is 5.37. The van der Waals surface area contributed by atoms with Crippen LogP contribution in [0.4, 0.5) is 5.82 Å². The molecule has 1 aromatic heterocycles. The van der Waals surface area contributed by atoms with E-state index in [2.05, 4.69) is 38.7 Å². The molecule has 2 N–H and O–H groups in total. The van der Waals surface area contributed by atoms with Gasteiger partial charge in [0.05, 0.1) is 0 Å². The molecule has 3 aromatic rings. The Labute approximate surface area is 232 Å². The maximum Gasteiger partial charge on any atom is 0.256 e. The molecule has 4 heterocycles. The monoisotopic (exact) mass is 537 g/mol. The molecule has 2 saturated heterocycles. The molecular weight excluding hydrogens is 506 g/mol. The Kier molecular flexibility index (Phi) is 7.13. The number of hydrogen-bond acceptors (Lipinski definition) is 6. The fraction of sp³-hybridized carbons (Fsp3) is 0.323. The SMILES string of the molecule is O=C1CCC(N2Cc3cc(C4CCN(Cc5cccc(C(=O)Nc6ccccn6)c5)CC4)ccc3C2=O)C(=O)N1. The van der Waals surface area contributed by atoms with Crippen LogP contribution in [0.5, 0.6) is 0 Å². The molecule has 0 saturated carbocycles. The Bertz CT molecular complexity index is 1470. The summed E-state index contributed by atoms with van der Waals surface area (Å²) in [5.41, 5.74) is 4.53.